The first-order chi connectivity index (χ1) is 12.0. The first-order valence-electron chi connectivity index (χ1n) is 8.35. The molecule has 1 aromatic rings. The van der Waals surface area contributed by atoms with Crippen LogP contribution in [0.4, 0.5) is 4.79 Å². The molecule has 25 heavy (non-hydrogen) atoms. The van der Waals surface area contributed by atoms with Crippen molar-refractivity contribution < 1.29 is 14.4 Å². The first kappa shape index (κ1) is 17.7. The third kappa shape index (κ3) is 4.70. The normalized spacial score (nSPS) is 19.2. The monoisotopic (exact) mass is 364 g/mol. The summed E-state index contributed by atoms with van der Waals surface area (Å²) in [6, 6.07) is 7.40. The van der Waals surface area contributed by atoms with Crippen molar-refractivity contribution in [2.45, 2.75) is 25.4 Å². The summed E-state index contributed by atoms with van der Waals surface area (Å²) in [6.07, 6.45) is 1.69. The van der Waals surface area contributed by atoms with E-state index in [0.29, 0.717) is 0 Å². The number of rotatable bonds is 5. The smallest absolute Gasteiger partial charge is 0.325 e. The van der Waals surface area contributed by atoms with Crippen LogP contribution < -0.4 is 10.6 Å². The third-order valence-corrected chi connectivity index (χ3v) is 4.76. The summed E-state index contributed by atoms with van der Waals surface area (Å²) in [5.74, 6) is -0.653. The lowest BCUT2D eigenvalue weighted by molar-refractivity contribution is -0.131. The predicted molar refractivity (Wildman–Crippen MR) is 93.0 cm³/mol. The van der Waals surface area contributed by atoms with Crippen molar-refractivity contribution >= 4 is 29.4 Å². The number of halogens is 1. The molecule has 2 saturated heterocycles. The van der Waals surface area contributed by atoms with Gasteiger partial charge in [0.15, 0.2) is 0 Å². The Balaban J connectivity index is 1.41. The van der Waals surface area contributed by atoms with E-state index in [9.17, 15) is 14.4 Å². The van der Waals surface area contributed by atoms with Gasteiger partial charge in [0.2, 0.25) is 5.91 Å². The minimum Gasteiger partial charge on any atom is -0.352 e. The van der Waals surface area contributed by atoms with Gasteiger partial charge in [-0.1, -0.05) is 23.7 Å². The van der Waals surface area contributed by atoms with Gasteiger partial charge in [-0.2, -0.15) is 0 Å². The number of urea groups is 1. The molecule has 7 nitrogen and oxygen atoms in total. The fraction of sp³-hybridized carbons (Fsp3) is 0.471. The molecule has 8 heteroatoms. The van der Waals surface area contributed by atoms with Gasteiger partial charge in [0, 0.05) is 30.7 Å². The number of hydrogen-bond donors (Lipinski definition) is 2. The molecular formula is C17H21ClN4O3. The Morgan fingerprint density at radius 3 is 2.48 bits per heavy atom. The highest BCUT2D eigenvalue weighted by Gasteiger charge is 2.31. The topological polar surface area (TPSA) is 81.8 Å². The van der Waals surface area contributed by atoms with Gasteiger partial charge in [0.05, 0.1) is 6.54 Å². The standard InChI is InChI=1S/C17H21ClN4O3/c18-13-3-1-12(2-4-13)10-21-7-5-14(6-8-21)20-15(23)11-22-16(24)9-19-17(22)25/h1-4,14H,5-11H2,(H,19,25)(H,20,23). The molecular weight excluding hydrogens is 344 g/mol. The predicted octanol–water partition coefficient (Wildman–Crippen LogP) is 0.972. The van der Waals surface area contributed by atoms with Crippen molar-refractivity contribution in [3.63, 3.8) is 0 Å². The summed E-state index contributed by atoms with van der Waals surface area (Å²) in [4.78, 5) is 38.3. The average Bonchev–Trinajstić information content (AvgIpc) is 2.90. The van der Waals surface area contributed by atoms with Crippen LogP contribution in [-0.4, -0.2) is 59.9 Å². The van der Waals surface area contributed by atoms with Gasteiger partial charge in [-0.25, -0.2) is 4.79 Å². The Morgan fingerprint density at radius 2 is 1.88 bits per heavy atom. The zero-order valence-electron chi connectivity index (χ0n) is 13.8. The van der Waals surface area contributed by atoms with Gasteiger partial charge >= 0.3 is 6.03 Å². The highest BCUT2D eigenvalue weighted by molar-refractivity contribution is 6.30. The van der Waals surface area contributed by atoms with Gasteiger partial charge in [-0.15, -0.1) is 0 Å². The minimum absolute atomic E-state index is 0.0325. The molecule has 0 aliphatic carbocycles. The van der Waals surface area contributed by atoms with Crippen LogP contribution in [0.5, 0.6) is 0 Å². The van der Waals surface area contributed by atoms with Crippen LogP contribution in [0.25, 0.3) is 0 Å². The van der Waals surface area contributed by atoms with Crippen LogP contribution >= 0.6 is 11.6 Å². The van der Waals surface area contributed by atoms with E-state index in [1.807, 2.05) is 24.3 Å². The summed E-state index contributed by atoms with van der Waals surface area (Å²) in [7, 11) is 0. The maximum atomic E-state index is 12.1. The van der Waals surface area contributed by atoms with E-state index < -0.39 is 6.03 Å². The minimum atomic E-state index is -0.502. The molecule has 0 unspecified atom stereocenters. The van der Waals surface area contributed by atoms with E-state index in [4.69, 9.17) is 11.6 Å². The SMILES string of the molecule is O=C(CN1C(=O)CNC1=O)NC1CCN(Cc2ccc(Cl)cc2)CC1. The molecule has 2 fully saturated rings. The molecule has 3 rings (SSSR count). The maximum absolute atomic E-state index is 12.1. The number of piperidine rings is 1. The maximum Gasteiger partial charge on any atom is 0.325 e. The number of carbonyl (C=O) groups excluding carboxylic acids is 3. The van der Waals surface area contributed by atoms with Gasteiger partial charge < -0.3 is 10.6 Å². The number of hydrogen-bond acceptors (Lipinski definition) is 4. The second-order valence-electron chi connectivity index (χ2n) is 6.38. The number of amides is 4. The molecule has 2 aliphatic heterocycles. The molecule has 2 N–H and O–H groups in total. The van der Waals surface area contributed by atoms with E-state index in [2.05, 4.69) is 15.5 Å². The molecule has 4 amide bonds. The van der Waals surface area contributed by atoms with Gasteiger partial charge in [0.1, 0.15) is 6.54 Å². The zero-order chi connectivity index (χ0) is 17.8. The van der Waals surface area contributed by atoms with Crippen LogP contribution in [0, 0.1) is 0 Å². The Morgan fingerprint density at radius 1 is 1.20 bits per heavy atom. The number of nitrogens with one attached hydrogen (secondary N) is 2. The van der Waals surface area contributed by atoms with Crippen molar-refractivity contribution in [1.82, 2.24) is 20.4 Å². The summed E-state index contributed by atoms with van der Waals surface area (Å²) in [6.45, 7) is 2.39. The largest absolute Gasteiger partial charge is 0.352 e. The van der Waals surface area contributed by atoms with Crippen molar-refractivity contribution in [1.29, 1.82) is 0 Å². The van der Waals surface area contributed by atoms with Gasteiger partial charge in [0.25, 0.3) is 5.91 Å². The molecule has 2 aliphatic rings. The molecule has 0 bridgehead atoms. The second kappa shape index (κ2) is 7.84. The Hall–Kier alpha value is -2.12. The second-order valence-corrected chi connectivity index (χ2v) is 6.82. The molecule has 0 aromatic heterocycles. The molecule has 0 saturated carbocycles. The van der Waals surface area contributed by atoms with Crippen molar-refractivity contribution in [2.24, 2.45) is 0 Å². The van der Waals surface area contributed by atoms with E-state index in [1.54, 1.807) is 0 Å². The summed E-state index contributed by atoms with van der Waals surface area (Å²) >= 11 is 5.90. The van der Waals surface area contributed by atoms with Crippen LogP contribution in [0.2, 0.25) is 5.02 Å². The molecule has 0 radical (unpaired) electrons. The van der Waals surface area contributed by atoms with E-state index in [1.165, 1.54) is 5.56 Å². The summed E-state index contributed by atoms with van der Waals surface area (Å²) < 4.78 is 0. The average molecular weight is 365 g/mol. The van der Waals surface area contributed by atoms with Gasteiger partial charge in [-0.3, -0.25) is 19.4 Å². The van der Waals surface area contributed by atoms with Crippen LogP contribution in [0.15, 0.2) is 24.3 Å². The Bertz CT molecular complexity index is 640. The quantitative estimate of drug-likeness (QED) is 0.763. The summed E-state index contributed by atoms with van der Waals surface area (Å²) in [5, 5.41) is 6.06. The number of nitrogens with zero attached hydrogens (tertiary/aromatic N) is 2. The third-order valence-electron chi connectivity index (χ3n) is 4.51. The van der Waals surface area contributed by atoms with Gasteiger partial charge in [-0.05, 0) is 30.5 Å². The number of imide groups is 1. The Kier molecular flexibility index (Phi) is 5.55. The van der Waals surface area contributed by atoms with Crippen molar-refractivity contribution in [3.8, 4) is 0 Å². The lowest BCUT2D eigenvalue weighted by Gasteiger charge is -2.32. The lowest BCUT2D eigenvalue weighted by atomic mass is 10.0. The number of likely N-dealkylation sites (tertiary alicyclic amines) is 1. The first-order valence-corrected chi connectivity index (χ1v) is 8.73. The van der Waals surface area contributed by atoms with Crippen molar-refractivity contribution in [2.75, 3.05) is 26.2 Å². The molecule has 1 aromatic carbocycles. The number of carbonyl (C=O) groups is 3. The fourth-order valence-corrected chi connectivity index (χ4v) is 3.24. The van der Waals surface area contributed by atoms with Crippen LogP contribution in [0.3, 0.4) is 0 Å². The molecule has 0 spiro atoms. The van der Waals surface area contributed by atoms with E-state index in [-0.39, 0.29) is 30.9 Å². The molecule has 2 heterocycles. The van der Waals surface area contributed by atoms with E-state index in [0.717, 1.165) is 42.4 Å². The zero-order valence-corrected chi connectivity index (χ0v) is 14.6. The van der Waals surface area contributed by atoms with Crippen LogP contribution in [-0.2, 0) is 16.1 Å². The number of benzene rings is 1. The summed E-state index contributed by atoms with van der Waals surface area (Å²) in [5.41, 5.74) is 1.21. The molecule has 134 valence electrons. The van der Waals surface area contributed by atoms with Crippen LogP contribution in [0.1, 0.15) is 18.4 Å². The van der Waals surface area contributed by atoms with Crippen molar-refractivity contribution in [3.05, 3.63) is 34.9 Å². The highest BCUT2D eigenvalue weighted by atomic mass is 35.5. The highest BCUT2D eigenvalue weighted by Crippen LogP contribution is 2.16. The Labute approximate surface area is 151 Å². The fourth-order valence-electron chi connectivity index (χ4n) is 3.12. The lowest BCUT2D eigenvalue weighted by Crippen LogP contribution is -2.48. The van der Waals surface area contributed by atoms with E-state index >= 15 is 0 Å². The molecule has 0 atom stereocenters.